The summed E-state index contributed by atoms with van der Waals surface area (Å²) in [6, 6.07) is 17.6. The minimum Gasteiger partial charge on any atom is -0.471 e. The number of amides is 4. The van der Waals surface area contributed by atoms with Gasteiger partial charge in [-0.05, 0) is 80.5 Å². The minimum absolute atomic E-state index is 0.0275. The van der Waals surface area contributed by atoms with Gasteiger partial charge in [0, 0.05) is 12.3 Å². The van der Waals surface area contributed by atoms with Crippen LogP contribution in [0.1, 0.15) is 76.2 Å². The number of nitrogens with zero attached hydrogens (tertiary/aromatic N) is 3. The van der Waals surface area contributed by atoms with Gasteiger partial charge in [0.2, 0.25) is 27.7 Å². The summed E-state index contributed by atoms with van der Waals surface area (Å²) in [5.41, 5.74) is 0.746. The lowest BCUT2D eigenvalue weighted by atomic mass is 10.0. The van der Waals surface area contributed by atoms with Crippen LogP contribution in [-0.2, 0) is 34.9 Å². The smallest absolute Gasteiger partial charge is 0.408 e. The van der Waals surface area contributed by atoms with Crippen molar-refractivity contribution in [2.45, 2.75) is 106 Å². The highest BCUT2D eigenvalue weighted by Crippen LogP contribution is 2.46. The number of fused-ring (bicyclic) bond motifs is 3. The minimum atomic E-state index is -4.14. The van der Waals surface area contributed by atoms with E-state index in [0.717, 1.165) is 43.4 Å². The predicted molar refractivity (Wildman–Crippen MR) is 221 cm³/mol. The van der Waals surface area contributed by atoms with Gasteiger partial charge in [-0.3, -0.25) is 19.1 Å². The summed E-state index contributed by atoms with van der Waals surface area (Å²) in [6.45, 7) is -0.0286. The Kier molecular flexibility index (Phi) is 12.0. The molecule has 2 aliphatic heterocycles. The first-order valence-corrected chi connectivity index (χ1v) is 22.9. The Morgan fingerprint density at radius 3 is 2.41 bits per heavy atom. The van der Waals surface area contributed by atoms with Crippen molar-refractivity contribution in [2.75, 3.05) is 6.54 Å². The van der Waals surface area contributed by atoms with E-state index >= 15 is 0 Å². The number of carbonyl (C=O) groups excluding carboxylic acids is 4. The molecule has 4 aliphatic rings. The maximum Gasteiger partial charge on any atom is 0.408 e. The van der Waals surface area contributed by atoms with E-state index in [1.807, 2.05) is 53.9 Å². The van der Waals surface area contributed by atoms with Gasteiger partial charge in [-0.25, -0.2) is 23.2 Å². The van der Waals surface area contributed by atoms with Gasteiger partial charge in [0.1, 0.15) is 35.5 Å². The first kappa shape index (κ1) is 40.4. The van der Waals surface area contributed by atoms with Gasteiger partial charge in [-0.15, -0.1) is 11.3 Å². The van der Waals surface area contributed by atoms with Crippen LogP contribution in [0.4, 0.5) is 4.79 Å². The van der Waals surface area contributed by atoms with Crippen molar-refractivity contribution in [1.82, 2.24) is 30.2 Å². The molecule has 4 amide bonds. The number of hydrogen-bond donors (Lipinski definition) is 3. The number of allylic oxidation sites excluding steroid dienone is 1. The molecule has 2 saturated carbocycles. The fourth-order valence-electron chi connectivity index (χ4n) is 8.36. The van der Waals surface area contributed by atoms with Crippen LogP contribution in [0, 0.1) is 5.92 Å². The molecule has 310 valence electrons. The van der Waals surface area contributed by atoms with Crippen LogP contribution in [-0.4, -0.2) is 83.5 Å². The molecule has 5 atom stereocenters. The van der Waals surface area contributed by atoms with Gasteiger partial charge in [-0.1, -0.05) is 73.5 Å². The van der Waals surface area contributed by atoms with E-state index in [4.69, 9.17) is 19.4 Å². The van der Waals surface area contributed by atoms with Crippen molar-refractivity contribution < 1.29 is 37.1 Å². The Balaban J connectivity index is 1.09. The molecule has 0 spiro atoms. The number of sulfonamides is 1. The quantitative estimate of drug-likeness (QED) is 0.174. The van der Waals surface area contributed by atoms with Crippen LogP contribution in [0.5, 0.6) is 5.88 Å². The number of rotatable bonds is 9. The molecule has 14 nitrogen and oxygen atoms in total. The van der Waals surface area contributed by atoms with Crippen molar-refractivity contribution >= 4 is 56.2 Å². The molecule has 3 fully saturated rings. The average Bonchev–Trinajstić information content (AvgIpc) is 3.71. The summed E-state index contributed by atoms with van der Waals surface area (Å²) in [4.78, 5) is 68.5. The summed E-state index contributed by atoms with van der Waals surface area (Å²) >= 11 is 1.48. The highest BCUT2D eigenvalue weighted by atomic mass is 32.2. The molecule has 0 radical (unpaired) electrons. The topological polar surface area (TPSA) is 186 Å². The van der Waals surface area contributed by atoms with Crippen LogP contribution < -0.4 is 20.1 Å². The zero-order chi connectivity index (χ0) is 41.0. The summed E-state index contributed by atoms with van der Waals surface area (Å²) in [5, 5.41) is 7.66. The molecule has 4 heterocycles. The zero-order valence-electron chi connectivity index (χ0n) is 32.6. The first-order chi connectivity index (χ1) is 28.6. The Hall–Kier alpha value is -5.35. The average molecular weight is 841 g/mol. The summed E-state index contributed by atoms with van der Waals surface area (Å²) in [5.74, 6) is -2.61. The zero-order valence-corrected chi connectivity index (χ0v) is 34.2. The third-order valence-electron chi connectivity index (χ3n) is 11.5. The number of carbonyl (C=O) groups is 4. The molecule has 16 heteroatoms. The Morgan fingerprint density at radius 2 is 1.64 bits per heavy atom. The van der Waals surface area contributed by atoms with Crippen LogP contribution in [0.15, 0.2) is 84.3 Å². The molecule has 1 saturated heterocycles. The Morgan fingerprint density at radius 1 is 0.898 bits per heavy atom. The van der Waals surface area contributed by atoms with Gasteiger partial charge >= 0.3 is 6.09 Å². The molecule has 8 rings (SSSR count). The van der Waals surface area contributed by atoms with E-state index in [0.29, 0.717) is 41.6 Å². The normalized spacial score (nSPS) is 25.8. The van der Waals surface area contributed by atoms with Crippen molar-refractivity contribution in [1.29, 1.82) is 0 Å². The van der Waals surface area contributed by atoms with Crippen molar-refractivity contribution in [3.05, 3.63) is 89.8 Å². The number of alkyl carbamates (subject to hydrolysis) is 1. The second-order valence-corrected chi connectivity index (χ2v) is 18.5. The monoisotopic (exact) mass is 840 g/mol. The molecule has 1 unspecified atom stereocenters. The van der Waals surface area contributed by atoms with E-state index in [9.17, 15) is 27.6 Å². The van der Waals surface area contributed by atoms with Gasteiger partial charge in [0.05, 0.1) is 28.2 Å². The van der Waals surface area contributed by atoms with Crippen LogP contribution in [0.3, 0.4) is 0 Å². The summed E-state index contributed by atoms with van der Waals surface area (Å²) in [6.07, 6.45) is 9.05. The maximum absolute atomic E-state index is 14.7. The second kappa shape index (κ2) is 17.5. The van der Waals surface area contributed by atoms with Crippen LogP contribution in [0.2, 0.25) is 0 Å². The molecular weight excluding hydrogens is 793 g/mol. The fraction of sp³-hybridized carbons (Fsp3) is 0.442. The second-order valence-electron chi connectivity index (χ2n) is 15.8. The van der Waals surface area contributed by atoms with E-state index in [-0.39, 0.29) is 31.4 Å². The van der Waals surface area contributed by atoms with E-state index in [1.54, 1.807) is 30.3 Å². The van der Waals surface area contributed by atoms with Crippen LogP contribution in [0.25, 0.3) is 21.6 Å². The number of para-hydroxylation sites is 2. The third kappa shape index (κ3) is 9.43. The molecule has 3 N–H and O–H groups in total. The van der Waals surface area contributed by atoms with E-state index in [1.165, 1.54) is 16.2 Å². The molecule has 59 heavy (non-hydrogen) atoms. The number of hydrogen-bond acceptors (Lipinski definition) is 11. The lowest BCUT2D eigenvalue weighted by Gasteiger charge is -2.30. The molecule has 2 aliphatic carbocycles. The number of benzene rings is 2. The van der Waals surface area contributed by atoms with E-state index < -0.39 is 69.2 Å². The first-order valence-electron chi connectivity index (χ1n) is 20.4. The number of nitrogens with one attached hydrogen (secondary N) is 3. The lowest BCUT2D eigenvalue weighted by molar-refractivity contribution is -0.141. The number of aromatic nitrogens is 2. The third-order valence-corrected chi connectivity index (χ3v) is 13.6. The molecule has 2 aromatic carbocycles. The SMILES string of the molecule is O=C(N[C@H]1CCCCC/C=C\C2C[C@]2(C(=O)NS(=O)(=O)Cc2ccccc2)NC(=O)[C@@H]2C[C@@H](Oc3nc4ccccc4nc3-c3cccs3)CN2C1=O)OC1CCCC1. The summed E-state index contributed by atoms with van der Waals surface area (Å²) < 4.78 is 41.1. The van der Waals surface area contributed by atoms with Crippen molar-refractivity contribution in [3.8, 4) is 16.5 Å². The van der Waals surface area contributed by atoms with Crippen LogP contribution >= 0.6 is 11.3 Å². The highest BCUT2D eigenvalue weighted by Gasteiger charge is 2.61. The molecular formula is C43H48N6O8S2. The molecule has 0 bridgehead atoms. The number of ether oxygens (including phenoxy) is 2. The van der Waals surface area contributed by atoms with Gasteiger partial charge in [-0.2, -0.15) is 0 Å². The molecule has 2 aromatic heterocycles. The van der Waals surface area contributed by atoms with Gasteiger partial charge in [0.25, 0.3) is 5.91 Å². The van der Waals surface area contributed by atoms with Crippen molar-refractivity contribution in [3.63, 3.8) is 0 Å². The van der Waals surface area contributed by atoms with Gasteiger partial charge in [0.15, 0.2) is 0 Å². The Bertz CT molecular complexity index is 2320. The maximum atomic E-state index is 14.7. The highest BCUT2D eigenvalue weighted by molar-refractivity contribution is 7.89. The molecule has 4 aromatic rings. The fourth-order valence-corrected chi connectivity index (χ4v) is 10.2. The summed E-state index contributed by atoms with van der Waals surface area (Å²) in [7, 11) is -4.14. The number of thiophene rings is 1. The standard InChI is InChI=1S/C43H48N6O8S2/c50-38-35-24-31(56-39-37(36-22-13-23-58-36)44-32-19-11-12-20-33(32)45-39)26-49(35)40(51)34(46-42(53)57-30-17-9-10-18-30)21-8-3-1-2-7-16-29-25-43(29,47-38)41(52)48-59(54,55)27-28-14-5-4-6-15-28/h4-7,11-16,19-20,22-23,29-31,34-35H,1-3,8-10,17-18,21,24-27H2,(H,46,53)(H,47,50)(H,48,52)/b16-7-/t29?,31-,34+,35+,43+/m1/s1. The van der Waals surface area contributed by atoms with Crippen molar-refractivity contribution in [2.24, 2.45) is 5.92 Å². The largest absolute Gasteiger partial charge is 0.471 e. The lowest BCUT2D eigenvalue weighted by Crippen LogP contribution is -2.58. The van der Waals surface area contributed by atoms with Gasteiger partial charge < -0.3 is 25.0 Å². The van der Waals surface area contributed by atoms with E-state index in [2.05, 4.69) is 15.4 Å². The Labute approximate surface area is 347 Å². The predicted octanol–water partition coefficient (Wildman–Crippen LogP) is 5.79.